The van der Waals surface area contributed by atoms with Crippen LogP contribution in [0.4, 0.5) is 0 Å². The van der Waals surface area contributed by atoms with Gasteiger partial charge in [-0.3, -0.25) is 0 Å². The third-order valence-corrected chi connectivity index (χ3v) is 3.89. The van der Waals surface area contributed by atoms with Gasteiger partial charge in [0.25, 0.3) is 0 Å². The van der Waals surface area contributed by atoms with E-state index < -0.39 is 0 Å². The molecule has 0 spiro atoms. The van der Waals surface area contributed by atoms with Gasteiger partial charge in [0.05, 0.1) is 6.61 Å². The van der Waals surface area contributed by atoms with E-state index in [9.17, 15) is 0 Å². The van der Waals surface area contributed by atoms with Gasteiger partial charge in [-0.05, 0) is 35.2 Å². The van der Waals surface area contributed by atoms with E-state index in [1.807, 2.05) is 18.2 Å². The quantitative estimate of drug-likeness (QED) is 0.798. The summed E-state index contributed by atoms with van der Waals surface area (Å²) in [7, 11) is 1.73. The van der Waals surface area contributed by atoms with Crippen LogP contribution in [0.1, 0.15) is 36.1 Å². The standard InChI is InChI=1S/C18H22ClNO/c1-3-18(14-8-10-17(19)11-9-14)20-12-15-6-4-5-7-16(15)13-21-2/h4-11,18,20H,3,12-13H2,1-2H3. The summed E-state index contributed by atoms with van der Waals surface area (Å²) in [6.45, 7) is 3.67. The summed E-state index contributed by atoms with van der Waals surface area (Å²) in [5.41, 5.74) is 3.79. The van der Waals surface area contributed by atoms with Gasteiger partial charge in [-0.15, -0.1) is 0 Å². The number of hydrogen-bond acceptors (Lipinski definition) is 2. The summed E-state index contributed by atoms with van der Waals surface area (Å²) in [6, 6.07) is 16.8. The Morgan fingerprint density at radius 1 is 1.05 bits per heavy atom. The van der Waals surface area contributed by atoms with Crippen LogP contribution < -0.4 is 5.32 Å². The predicted molar refractivity (Wildman–Crippen MR) is 88.5 cm³/mol. The Morgan fingerprint density at radius 2 is 1.71 bits per heavy atom. The highest BCUT2D eigenvalue weighted by Crippen LogP contribution is 2.20. The first kappa shape index (κ1) is 16.0. The van der Waals surface area contributed by atoms with Gasteiger partial charge in [0.1, 0.15) is 0 Å². The lowest BCUT2D eigenvalue weighted by Crippen LogP contribution is -2.21. The average molecular weight is 304 g/mol. The van der Waals surface area contributed by atoms with E-state index in [-0.39, 0.29) is 0 Å². The van der Waals surface area contributed by atoms with Gasteiger partial charge in [-0.2, -0.15) is 0 Å². The number of rotatable bonds is 7. The summed E-state index contributed by atoms with van der Waals surface area (Å²) in [5.74, 6) is 0. The smallest absolute Gasteiger partial charge is 0.0716 e. The summed E-state index contributed by atoms with van der Waals surface area (Å²) < 4.78 is 5.26. The molecular formula is C18H22ClNO. The fraction of sp³-hybridized carbons (Fsp3) is 0.333. The van der Waals surface area contributed by atoms with Crippen molar-refractivity contribution in [2.45, 2.75) is 32.5 Å². The zero-order valence-electron chi connectivity index (χ0n) is 12.6. The molecule has 112 valence electrons. The van der Waals surface area contributed by atoms with Gasteiger partial charge in [-0.25, -0.2) is 0 Å². The zero-order chi connectivity index (χ0) is 15.1. The topological polar surface area (TPSA) is 21.3 Å². The van der Waals surface area contributed by atoms with E-state index in [2.05, 4.69) is 42.6 Å². The van der Waals surface area contributed by atoms with E-state index >= 15 is 0 Å². The molecule has 0 radical (unpaired) electrons. The average Bonchev–Trinajstić information content (AvgIpc) is 2.51. The van der Waals surface area contributed by atoms with Crippen LogP contribution in [-0.2, 0) is 17.9 Å². The zero-order valence-corrected chi connectivity index (χ0v) is 13.4. The van der Waals surface area contributed by atoms with Crippen molar-refractivity contribution in [3.8, 4) is 0 Å². The summed E-state index contributed by atoms with van der Waals surface area (Å²) >= 11 is 5.95. The SMILES string of the molecule is CCC(NCc1ccccc1COC)c1ccc(Cl)cc1. The Hall–Kier alpha value is -1.35. The van der Waals surface area contributed by atoms with Crippen molar-refractivity contribution >= 4 is 11.6 Å². The molecule has 0 bridgehead atoms. The number of hydrogen-bond donors (Lipinski definition) is 1. The molecule has 21 heavy (non-hydrogen) atoms. The second-order valence-electron chi connectivity index (χ2n) is 5.10. The normalized spacial score (nSPS) is 12.3. The van der Waals surface area contributed by atoms with Crippen LogP contribution in [0.2, 0.25) is 5.02 Å². The van der Waals surface area contributed by atoms with Crippen molar-refractivity contribution in [1.82, 2.24) is 5.32 Å². The number of ether oxygens (including phenoxy) is 1. The van der Waals surface area contributed by atoms with Gasteiger partial charge < -0.3 is 10.1 Å². The maximum Gasteiger partial charge on any atom is 0.0716 e. The molecular weight excluding hydrogens is 282 g/mol. The highest BCUT2D eigenvalue weighted by molar-refractivity contribution is 6.30. The van der Waals surface area contributed by atoms with Gasteiger partial charge in [0, 0.05) is 24.7 Å². The minimum Gasteiger partial charge on any atom is -0.380 e. The number of nitrogens with one attached hydrogen (secondary N) is 1. The first-order valence-electron chi connectivity index (χ1n) is 7.29. The van der Waals surface area contributed by atoms with Crippen LogP contribution in [0.5, 0.6) is 0 Å². The van der Waals surface area contributed by atoms with Crippen LogP contribution in [0, 0.1) is 0 Å². The molecule has 0 aliphatic rings. The van der Waals surface area contributed by atoms with E-state index in [1.54, 1.807) is 7.11 Å². The summed E-state index contributed by atoms with van der Waals surface area (Å²) in [6.07, 6.45) is 1.04. The largest absolute Gasteiger partial charge is 0.380 e. The maximum atomic E-state index is 5.95. The van der Waals surface area contributed by atoms with Crippen molar-refractivity contribution in [1.29, 1.82) is 0 Å². The van der Waals surface area contributed by atoms with Gasteiger partial charge in [0.15, 0.2) is 0 Å². The van der Waals surface area contributed by atoms with Crippen molar-refractivity contribution < 1.29 is 4.74 Å². The molecule has 2 nitrogen and oxygen atoms in total. The van der Waals surface area contributed by atoms with E-state index in [0.29, 0.717) is 12.6 Å². The number of halogens is 1. The lowest BCUT2D eigenvalue weighted by Gasteiger charge is -2.19. The first-order chi connectivity index (χ1) is 10.2. The van der Waals surface area contributed by atoms with Crippen LogP contribution in [0.25, 0.3) is 0 Å². The predicted octanol–water partition coefficient (Wildman–Crippen LogP) is 4.73. The molecule has 2 aromatic carbocycles. The Bertz CT molecular complexity index is 553. The van der Waals surface area contributed by atoms with E-state index in [0.717, 1.165) is 18.0 Å². The molecule has 0 aliphatic heterocycles. The highest BCUT2D eigenvalue weighted by Gasteiger charge is 2.09. The Morgan fingerprint density at radius 3 is 2.33 bits per heavy atom. The van der Waals surface area contributed by atoms with Crippen molar-refractivity contribution in [3.63, 3.8) is 0 Å². The van der Waals surface area contributed by atoms with E-state index in [1.165, 1.54) is 16.7 Å². The van der Waals surface area contributed by atoms with Gasteiger partial charge in [-0.1, -0.05) is 54.9 Å². The highest BCUT2D eigenvalue weighted by atomic mass is 35.5. The number of benzene rings is 2. The Balaban J connectivity index is 2.05. The summed E-state index contributed by atoms with van der Waals surface area (Å²) in [5, 5.41) is 4.40. The molecule has 0 amide bonds. The van der Waals surface area contributed by atoms with Gasteiger partial charge in [0.2, 0.25) is 0 Å². The molecule has 1 N–H and O–H groups in total. The second kappa shape index (κ2) is 8.18. The Kier molecular flexibility index (Phi) is 6.24. The fourth-order valence-corrected chi connectivity index (χ4v) is 2.58. The molecule has 0 aliphatic carbocycles. The molecule has 0 saturated carbocycles. The Labute approximate surface area is 132 Å². The van der Waals surface area contributed by atoms with Crippen molar-refractivity contribution in [2.24, 2.45) is 0 Å². The first-order valence-corrected chi connectivity index (χ1v) is 7.67. The molecule has 2 aromatic rings. The lowest BCUT2D eigenvalue weighted by atomic mass is 10.0. The molecule has 2 rings (SSSR count). The fourth-order valence-electron chi connectivity index (χ4n) is 2.45. The second-order valence-corrected chi connectivity index (χ2v) is 5.53. The lowest BCUT2D eigenvalue weighted by molar-refractivity contribution is 0.184. The molecule has 1 unspecified atom stereocenters. The maximum absolute atomic E-state index is 5.95. The van der Waals surface area contributed by atoms with Crippen LogP contribution in [-0.4, -0.2) is 7.11 Å². The van der Waals surface area contributed by atoms with Crippen LogP contribution in [0.3, 0.4) is 0 Å². The summed E-state index contributed by atoms with van der Waals surface area (Å²) in [4.78, 5) is 0. The number of methoxy groups -OCH3 is 1. The van der Waals surface area contributed by atoms with Crippen molar-refractivity contribution in [2.75, 3.05) is 7.11 Å². The third-order valence-electron chi connectivity index (χ3n) is 3.64. The monoisotopic (exact) mass is 303 g/mol. The molecule has 3 heteroatoms. The van der Waals surface area contributed by atoms with Crippen LogP contribution in [0.15, 0.2) is 48.5 Å². The molecule has 0 fully saturated rings. The van der Waals surface area contributed by atoms with Gasteiger partial charge >= 0.3 is 0 Å². The van der Waals surface area contributed by atoms with E-state index in [4.69, 9.17) is 16.3 Å². The van der Waals surface area contributed by atoms with Crippen LogP contribution >= 0.6 is 11.6 Å². The molecule has 0 aromatic heterocycles. The minimum atomic E-state index is 0.331. The molecule has 0 heterocycles. The molecule has 0 saturated heterocycles. The minimum absolute atomic E-state index is 0.331. The van der Waals surface area contributed by atoms with Crippen molar-refractivity contribution in [3.05, 3.63) is 70.2 Å². The third kappa shape index (κ3) is 4.57. The molecule has 1 atom stereocenters.